The van der Waals surface area contributed by atoms with Crippen LogP contribution in [0.25, 0.3) is 0 Å². The van der Waals surface area contributed by atoms with Crippen LogP contribution in [0.2, 0.25) is 0 Å². The molecule has 1 N–H and O–H groups in total. The van der Waals surface area contributed by atoms with Gasteiger partial charge in [0.05, 0.1) is 6.61 Å². The number of carbonyl (C=O) groups is 2. The van der Waals surface area contributed by atoms with E-state index < -0.39 is 12.1 Å². The van der Waals surface area contributed by atoms with Gasteiger partial charge in [-0.25, -0.2) is 14.6 Å². The summed E-state index contributed by atoms with van der Waals surface area (Å²) in [5.41, 5.74) is 1.03. The summed E-state index contributed by atoms with van der Waals surface area (Å²) in [5, 5.41) is 7.94. The summed E-state index contributed by atoms with van der Waals surface area (Å²) < 4.78 is 10.00. The van der Waals surface area contributed by atoms with Gasteiger partial charge in [0.1, 0.15) is 19.4 Å². The molecule has 0 unspecified atom stereocenters. The number of nitrogens with one attached hydrogen (secondary N) is 1. The quantitative estimate of drug-likeness (QED) is 0.461. The Hall–Kier alpha value is -2.94. The fourth-order valence-corrected chi connectivity index (χ4v) is 2.45. The summed E-state index contributed by atoms with van der Waals surface area (Å²) in [6, 6.07) is 9.29. The topological polar surface area (TPSA) is 99.1 Å². The molecule has 0 bridgehead atoms. The minimum Gasteiger partial charge on any atom is -0.461 e. The second-order valence-electron chi connectivity index (χ2n) is 4.57. The molecule has 0 fully saturated rings. The molecule has 9 heteroatoms. The number of thiazole rings is 1. The molecular formula is C16H17N3O5S. The summed E-state index contributed by atoms with van der Waals surface area (Å²) in [6.45, 7) is 2.02. The first-order valence-corrected chi connectivity index (χ1v) is 8.23. The fraction of sp³-hybridized carbons (Fsp3) is 0.250. The maximum Gasteiger partial charge on any atom is 0.413 e. The van der Waals surface area contributed by atoms with E-state index in [0.29, 0.717) is 0 Å². The summed E-state index contributed by atoms with van der Waals surface area (Å²) in [5.74, 6) is -0.659. The number of esters is 1. The maximum atomic E-state index is 11.8. The third kappa shape index (κ3) is 5.57. The lowest BCUT2D eigenvalue weighted by atomic mass is 10.2. The van der Waals surface area contributed by atoms with Crippen molar-refractivity contribution in [1.29, 1.82) is 0 Å². The third-order valence-electron chi connectivity index (χ3n) is 2.82. The Morgan fingerprint density at radius 1 is 1.24 bits per heavy atom. The normalized spacial score (nSPS) is 10.9. The number of benzene rings is 1. The molecular weight excluding hydrogens is 346 g/mol. The highest BCUT2D eigenvalue weighted by Crippen LogP contribution is 2.17. The van der Waals surface area contributed by atoms with Crippen LogP contribution in [0.3, 0.4) is 0 Å². The van der Waals surface area contributed by atoms with E-state index in [1.807, 2.05) is 30.3 Å². The summed E-state index contributed by atoms with van der Waals surface area (Å²) in [4.78, 5) is 32.4. The van der Waals surface area contributed by atoms with Crippen molar-refractivity contribution in [3.05, 3.63) is 47.0 Å². The van der Waals surface area contributed by atoms with E-state index in [2.05, 4.69) is 20.3 Å². The second-order valence-corrected chi connectivity index (χ2v) is 5.43. The molecule has 1 amide bonds. The molecule has 0 spiro atoms. The number of amides is 1. The Morgan fingerprint density at radius 2 is 2.00 bits per heavy atom. The van der Waals surface area contributed by atoms with Gasteiger partial charge in [0.15, 0.2) is 5.13 Å². The van der Waals surface area contributed by atoms with Crippen LogP contribution in [-0.2, 0) is 25.7 Å². The van der Waals surface area contributed by atoms with Gasteiger partial charge in [-0.05, 0) is 12.5 Å². The SMILES string of the molecule is CCOC(=O)C(=NOC)c1csc(NC(=O)OCc2ccccc2)n1. The van der Waals surface area contributed by atoms with Crippen molar-refractivity contribution in [2.75, 3.05) is 19.0 Å². The largest absolute Gasteiger partial charge is 0.461 e. The molecule has 0 aliphatic heterocycles. The van der Waals surface area contributed by atoms with Crippen LogP contribution in [0.15, 0.2) is 40.9 Å². The predicted molar refractivity (Wildman–Crippen MR) is 92.5 cm³/mol. The first-order valence-electron chi connectivity index (χ1n) is 7.36. The van der Waals surface area contributed by atoms with Crippen molar-refractivity contribution in [2.24, 2.45) is 5.16 Å². The Bertz CT molecular complexity index is 745. The lowest BCUT2D eigenvalue weighted by molar-refractivity contribution is -0.135. The zero-order chi connectivity index (χ0) is 18.1. The monoisotopic (exact) mass is 363 g/mol. The van der Waals surface area contributed by atoms with Crippen LogP contribution in [0.1, 0.15) is 18.2 Å². The van der Waals surface area contributed by atoms with Gasteiger partial charge in [-0.15, -0.1) is 11.3 Å². The number of hydrogen-bond acceptors (Lipinski definition) is 8. The molecule has 1 aromatic heterocycles. The van der Waals surface area contributed by atoms with Crippen molar-refractivity contribution >= 4 is 34.2 Å². The van der Waals surface area contributed by atoms with Crippen LogP contribution in [0, 0.1) is 0 Å². The molecule has 132 valence electrons. The van der Waals surface area contributed by atoms with Gasteiger partial charge >= 0.3 is 12.1 Å². The smallest absolute Gasteiger partial charge is 0.413 e. The van der Waals surface area contributed by atoms with Crippen LogP contribution < -0.4 is 5.32 Å². The van der Waals surface area contributed by atoms with Crippen molar-refractivity contribution in [3.8, 4) is 0 Å². The number of carbonyl (C=O) groups excluding carboxylic acids is 2. The van der Waals surface area contributed by atoms with E-state index in [1.165, 1.54) is 7.11 Å². The zero-order valence-corrected chi connectivity index (χ0v) is 14.5. The van der Waals surface area contributed by atoms with Gasteiger partial charge in [0.25, 0.3) is 0 Å². The molecule has 0 radical (unpaired) electrons. The fourth-order valence-electron chi connectivity index (χ4n) is 1.77. The van der Waals surface area contributed by atoms with Crippen LogP contribution in [0.4, 0.5) is 9.93 Å². The molecule has 1 aromatic carbocycles. The molecule has 8 nitrogen and oxygen atoms in total. The Labute approximate surface area is 148 Å². The van der Waals surface area contributed by atoms with Crippen molar-refractivity contribution in [3.63, 3.8) is 0 Å². The number of aromatic nitrogens is 1. The standard InChI is InChI=1S/C16H17N3O5S/c1-3-23-14(20)13(19-22-2)12-10-25-15(17-12)18-16(21)24-9-11-7-5-4-6-8-11/h4-8,10H,3,9H2,1-2H3,(H,17,18,21). The number of ether oxygens (including phenoxy) is 2. The highest BCUT2D eigenvalue weighted by Gasteiger charge is 2.20. The van der Waals surface area contributed by atoms with Gasteiger partial charge in [-0.2, -0.15) is 0 Å². The highest BCUT2D eigenvalue weighted by molar-refractivity contribution is 7.14. The van der Waals surface area contributed by atoms with E-state index in [0.717, 1.165) is 16.9 Å². The molecule has 0 aliphatic carbocycles. The highest BCUT2D eigenvalue weighted by atomic mass is 32.1. The molecule has 0 saturated carbocycles. The molecule has 0 saturated heterocycles. The van der Waals surface area contributed by atoms with E-state index in [9.17, 15) is 9.59 Å². The number of nitrogens with zero attached hydrogens (tertiary/aromatic N) is 2. The third-order valence-corrected chi connectivity index (χ3v) is 3.58. The van der Waals surface area contributed by atoms with Crippen LogP contribution in [0.5, 0.6) is 0 Å². The summed E-state index contributed by atoms with van der Waals surface area (Å²) in [7, 11) is 1.31. The summed E-state index contributed by atoms with van der Waals surface area (Å²) >= 11 is 1.12. The van der Waals surface area contributed by atoms with Crippen LogP contribution >= 0.6 is 11.3 Å². The minimum absolute atomic E-state index is 0.0775. The molecule has 0 aliphatic rings. The predicted octanol–water partition coefficient (Wildman–Crippen LogP) is 2.81. The Morgan fingerprint density at radius 3 is 2.68 bits per heavy atom. The lowest BCUT2D eigenvalue weighted by Gasteiger charge is -2.05. The Kier molecular flexibility index (Phi) is 6.90. The second kappa shape index (κ2) is 9.38. The number of hydrogen-bond donors (Lipinski definition) is 1. The van der Waals surface area contributed by atoms with E-state index >= 15 is 0 Å². The van der Waals surface area contributed by atoms with Crippen molar-refractivity contribution in [1.82, 2.24) is 4.98 Å². The number of anilines is 1. The summed E-state index contributed by atoms with van der Waals surface area (Å²) in [6.07, 6.45) is -0.647. The average Bonchev–Trinajstić information content (AvgIpc) is 3.07. The Balaban J connectivity index is 1.96. The van der Waals surface area contributed by atoms with E-state index in [-0.39, 0.29) is 29.8 Å². The van der Waals surface area contributed by atoms with Gasteiger partial charge < -0.3 is 14.3 Å². The lowest BCUT2D eigenvalue weighted by Crippen LogP contribution is -2.20. The first-order chi connectivity index (χ1) is 12.1. The molecule has 2 aromatic rings. The van der Waals surface area contributed by atoms with Crippen molar-refractivity contribution < 1.29 is 23.9 Å². The van der Waals surface area contributed by atoms with Gasteiger partial charge in [-0.1, -0.05) is 35.5 Å². The number of rotatable bonds is 7. The van der Waals surface area contributed by atoms with Gasteiger partial charge in [0, 0.05) is 5.38 Å². The van der Waals surface area contributed by atoms with E-state index in [1.54, 1.807) is 12.3 Å². The van der Waals surface area contributed by atoms with Gasteiger partial charge in [0.2, 0.25) is 5.71 Å². The minimum atomic E-state index is -0.659. The van der Waals surface area contributed by atoms with Crippen molar-refractivity contribution in [2.45, 2.75) is 13.5 Å². The van der Waals surface area contributed by atoms with Gasteiger partial charge in [-0.3, -0.25) is 5.32 Å². The molecule has 2 rings (SSSR count). The number of oxime groups is 1. The first kappa shape index (κ1) is 18.4. The average molecular weight is 363 g/mol. The van der Waals surface area contributed by atoms with Crippen LogP contribution in [-0.4, -0.2) is 36.5 Å². The van der Waals surface area contributed by atoms with E-state index in [4.69, 9.17) is 9.47 Å². The maximum absolute atomic E-state index is 11.8. The zero-order valence-electron chi connectivity index (χ0n) is 13.7. The molecule has 25 heavy (non-hydrogen) atoms. The molecule has 0 atom stereocenters. The molecule has 1 heterocycles.